The first-order valence-corrected chi connectivity index (χ1v) is 7.32. The molecule has 1 fully saturated rings. The van der Waals surface area contributed by atoms with Crippen LogP contribution in [0.2, 0.25) is 0 Å². The third-order valence-corrected chi connectivity index (χ3v) is 4.00. The third kappa shape index (κ3) is 3.53. The lowest BCUT2D eigenvalue weighted by Gasteiger charge is -2.31. The highest BCUT2D eigenvalue weighted by molar-refractivity contribution is 6.00. The Morgan fingerprint density at radius 2 is 1.96 bits per heavy atom. The molecule has 8 heteroatoms. The SMILES string of the molecule is COC(=O)c1cc2cc(NC(=O)C3(N)CCOCC3)ccc2o1.Cl. The van der Waals surface area contributed by atoms with E-state index < -0.39 is 11.5 Å². The fraction of sp³-hybridized carbons (Fsp3) is 0.375. The summed E-state index contributed by atoms with van der Waals surface area (Å²) in [5, 5.41) is 3.52. The van der Waals surface area contributed by atoms with Crippen molar-refractivity contribution < 1.29 is 23.5 Å². The summed E-state index contributed by atoms with van der Waals surface area (Å²) in [6.45, 7) is 0.959. The first-order chi connectivity index (χ1) is 11.0. The summed E-state index contributed by atoms with van der Waals surface area (Å²) in [6.07, 6.45) is 0.971. The lowest BCUT2D eigenvalue weighted by Crippen LogP contribution is -2.54. The number of nitrogens with one attached hydrogen (secondary N) is 1. The van der Waals surface area contributed by atoms with Crippen molar-refractivity contribution in [2.45, 2.75) is 18.4 Å². The number of rotatable bonds is 3. The fourth-order valence-electron chi connectivity index (χ4n) is 2.54. The van der Waals surface area contributed by atoms with Gasteiger partial charge in [-0.25, -0.2) is 4.79 Å². The average Bonchev–Trinajstić information content (AvgIpc) is 2.98. The molecule has 3 N–H and O–H groups in total. The van der Waals surface area contributed by atoms with Gasteiger partial charge in [0.1, 0.15) is 11.1 Å². The molecule has 0 radical (unpaired) electrons. The average molecular weight is 355 g/mol. The minimum atomic E-state index is -0.916. The number of hydrogen-bond donors (Lipinski definition) is 2. The predicted molar refractivity (Wildman–Crippen MR) is 90.4 cm³/mol. The maximum Gasteiger partial charge on any atom is 0.373 e. The molecule has 1 saturated heterocycles. The Kier molecular flexibility index (Phi) is 5.48. The van der Waals surface area contributed by atoms with Gasteiger partial charge in [0.25, 0.3) is 0 Å². The maximum atomic E-state index is 12.4. The normalized spacial score (nSPS) is 16.2. The van der Waals surface area contributed by atoms with E-state index in [0.717, 1.165) is 0 Å². The standard InChI is InChI=1S/C16H18N2O5.ClH/c1-21-14(19)13-9-10-8-11(2-3-12(10)23-13)18-15(20)16(17)4-6-22-7-5-16;/h2-3,8-9H,4-7,17H2,1H3,(H,18,20);1H. The zero-order chi connectivity index (χ0) is 16.4. The van der Waals surface area contributed by atoms with Crippen LogP contribution in [0.15, 0.2) is 28.7 Å². The second-order valence-corrected chi connectivity index (χ2v) is 5.58. The van der Waals surface area contributed by atoms with Gasteiger partial charge >= 0.3 is 5.97 Å². The van der Waals surface area contributed by atoms with Crippen molar-refractivity contribution in [1.29, 1.82) is 0 Å². The van der Waals surface area contributed by atoms with Gasteiger partial charge in [0.05, 0.1) is 7.11 Å². The third-order valence-electron chi connectivity index (χ3n) is 4.00. The molecule has 1 aromatic heterocycles. The van der Waals surface area contributed by atoms with Gasteiger partial charge in [-0.2, -0.15) is 0 Å². The van der Waals surface area contributed by atoms with Gasteiger partial charge in [0.15, 0.2) is 0 Å². The number of ether oxygens (including phenoxy) is 2. The molecule has 0 saturated carbocycles. The highest BCUT2D eigenvalue weighted by Gasteiger charge is 2.35. The smallest absolute Gasteiger partial charge is 0.373 e. The zero-order valence-corrected chi connectivity index (χ0v) is 14.0. The van der Waals surface area contributed by atoms with E-state index in [2.05, 4.69) is 10.1 Å². The molecule has 0 atom stereocenters. The maximum absolute atomic E-state index is 12.4. The molecule has 0 aliphatic carbocycles. The van der Waals surface area contributed by atoms with Crippen LogP contribution in [0.25, 0.3) is 11.0 Å². The fourth-order valence-corrected chi connectivity index (χ4v) is 2.54. The molecule has 0 unspecified atom stereocenters. The summed E-state index contributed by atoms with van der Waals surface area (Å²) in [5.74, 6) is -0.669. The number of anilines is 1. The van der Waals surface area contributed by atoms with Gasteiger partial charge in [-0.15, -0.1) is 12.4 Å². The van der Waals surface area contributed by atoms with Crippen LogP contribution in [0, 0.1) is 0 Å². The quantitative estimate of drug-likeness (QED) is 0.818. The van der Waals surface area contributed by atoms with Crippen LogP contribution in [-0.2, 0) is 14.3 Å². The van der Waals surface area contributed by atoms with E-state index in [1.807, 2.05) is 0 Å². The van der Waals surface area contributed by atoms with E-state index in [0.29, 0.717) is 42.7 Å². The topological polar surface area (TPSA) is 104 Å². The van der Waals surface area contributed by atoms with Crippen molar-refractivity contribution in [3.8, 4) is 0 Å². The molecule has 0 spiro atoms. The van der Waals surface area contributed by atoms with Crippen molar-refractivity contribution in [3.63, 3.8) is 0 Å². The number of furan rings is 1. The second-order valence-electron chi connectivity index (χ2n) is 5.58. The Labute approximate surface area is 144 Å². The van der Waals surface area contributed by atoms with Crippen LogP contribution in [-0.4, -0.2) is 37.7 Å². The molecule has 24 heavy (non-hydrogen) atoms. The Balaban J connectivity index is 0.00000208. The molecule has 2 heterocycles. The van der Waals surface area contributed by atoms with Crippen molar-refractivity contribution in [2.75, 3.05) is 25.6 Å². The number of carbonyl (C=O) groups is 2. The second kappa shape index (κ2) is 7.21. The monoisotopic (exact) mass is 354 g/mol. The highest BCUT2D eigenvalue weighted by Crippen LogP contribution is 2.25. The molecule has 1 amide bonds. The molecule has 3 rings (SSSR count). The van der Waals surface area contributed by atoms with Gasteiger partial charge in [0.2, 0.25) is 11.7 Å². The number of halogens is 1. The largest absolute Gasteiger partial charge is 0.463 e. The summed E-state index contributed by atoms with van der Waals surface area (Å²) in [7, 11) is 1.29. The van der Waals surface area contributed by atoms with Crippen molar-refractivity contribution in [2.24, 2.45) is 5.73 Å². The van der Waals surface area contributed by atoms with Crippen LogP contribution in [0.4, 0.5) is 5.69 Å². The van der Waals surface area contributed by atoms with E-state index in [-0.39, 0.29) is 24.1 Å². The highest BCUT2D eigenvalue weighted by atomic mass is 35.5. The number of fused-ring (bicyclic) bond motifs is 1. The first-order valence-electron chi connectivity index (χ1n) is 7.32. The zero-order valence-electron chi connectivity index (χ0n) is 13.2. The van der Waals surface area contributed by atoms with Crippen LogP contribution in [0.3, 0.4) is 0 Å². The molecule has 1 aromatic carbocycles. The van der Waals surface area contributed by atoms with Crippen molar-refractivity contribution in [3.05, 3.63) is 30.0 Å². The molecule has 130 valence electrons. The number of benzene rings is 1. The number of nitrogens with two attached hydrogens (primary N) is 1. The number of amides is 1. The van der Waals surface area contributed by atoms with Crippen LogP contribution in [0.5, 0.6) is 0 Å². The van der Waals surface area contributed by atoms with E-state index in [1.54, 1.807) is 24.3 Å². The van der Waals surface area contributed by atoms with Crippen LogP contribution < -0.4 is 11.1 Å². The number of methoxy groups -OCH3 is 1. The van der Waals surface area contributed by atoms with Gasteiger partial charge in [0, 0.05) is 24.3 Å². The molecule has 1 aliphatic rings. The van der Waals surface area contributed by atoms with E-state index in [4.69, 9.17) is 14.9 Å². The van der Waals surface area contributed by atoms with E-state index >= 15 is 0 Å². The van der Waals surface area contributed by atoms with Crippen molar-refractivity contribution in [1.82, 2.24) is 0 Å². The summed E-state index contributed by atoms with van der Waals surface area (Å²) < 4.78 is 15.3. The summed E-state index contributed by atoms with van der Waals surface area (Å²) >= 11 is 0. The van der Waals surface area contributed by atoms with Crippen molar-refractivity contribution >= 4 is 40.9 Å². The number of hydrogen-bond acceptors (Lipinski definition) is 6. The molecular formula is C16H19ClN2O5. The van der Waals surface area contributed by atoms with Gasteiger partial charge in [-0.3, -0.25) is 4.79 Å². The lowest BCUT2D eigenvalue weighted by molar-refractivity contribution is -0.124. The lowest BCUT2D eigenvalue weighted by atomic mass is 9.90. The summed E-state index contributed by atoms with van der Waals surface area (Å²) in [4.78, 5) is 23.9. The Morgan fingerprint density at radius 1 is 1.25 bits per heavy atom. The summed E-state index contributed by atoms with van der Waals surface area (Å²) in [5.41, 5.74) is 6.37. The minimum Gasteiger partial charge on any atom is -0.463 e. The summed E-state index contributed by atoms with van der Waals surface area (Å²) in [6, 6.07) is 6.69. The number of carbonyl (C=O) groups excluding carboxylic acids is 2. The van der Waals surface area contributed by atoms with Crippen LogP contribution in [0.1, 0.15) is 23.4 Å². The molecule has 1 aliphatic heterocycles. The predicted octanol–water partition coefficient (Wildman–Crippen LogP) is 2.09. The molecule has 7 nitrogen and oxygen atoms in total. The van der Waals surface area contributed by atoms with Gasteiger partial charge in [-0.1, -0.05) is 0 Å². The Morgan fingerprint density at radius 3 is 2.62 bits per heavy atom. The molecule has 2 aromatic rings. The first kappa shape index (κ1) is 18.3. The van der Waals surface area contributed by atoms with Gasteiger partial charge in [-0.05, 0) is 37.1 Å². The minimum absolute atomic E-state index is 0. The van der Waals surface area contributed by atoms with E-state index in [1.165, 1.54) is 7.11 Å². The van der Waals surface area contributed by atoms with Crippen LogP contribution >= 0.6 is 12.4 Å². The molecule has 0 bridgehead atoms. The molecular weight excluding hydrogens is 336 g/mol. The van der Waals surface area contributed by atoms with E-state index in [9.17, 15) is 9.59 Å². The Hall–Kier alpha value is -2.09. The van der Waals surface area contributed by atoms with Gasteiger partial charge < -0.3 is 24.9 Å². The number of esters is 1. The Bertz CT molecular complexity index is 752.